The highest BCUT2D eigenvalue weighted by molar-refractivity contribution is 5.34. The van der Waals surface area contributed by atoms with Crippen molar-refractivity contribution in [3.8, 4) is 5.75 Å². The number of benzene rings is 1. The predicted octanol–water partition coefficient (Wildman–Crippen LogP) is -0.0821. The van der Waals surface area contributed by atoms with Gasteiger partial charge in [0, 0.05) is 5.56 Å². The van der Waals surface area contributed by atoms with Gasteiger partial charge in [-0.15, -0.1) is 0 Å². The summed E-state index contributed by atoms with van der Waals surface area (Å²) < 4.78 is 12.7. The van der Waals surface area contributed by atoms with Crippen molar-refractivity contribution in [3.63, 3.8) is 0 Å². The molecule has 0 saturated carbocycles. The topological polar surface area (TPSA) is 80.9 Å². The van der Waals surface area contributed by atoms with E-state index < -0.39 is 24.6 Å². The first kappa shape index (κ1) is 10.9. The summed E-state index contributed by atoms with van der Waals surface area (Å²) in [6, 6.07) is 2.99. The zero-order chi connectivity index (χ0) is 10.7. The highest BCUT2D eigenvalue weighted by Gasteiger charge is 2.20. The first-order valence-corrected chi connectivity index (χ1v) is 4.01. The van der Waals surface area contributed by atoms with Crippen molar-refractivity contribution in [1.82, 2.24) is 0 Å². The van der Waals surface area contributed by atoms with E-state index in [9.17, 15) is 14.6 Å². The van der Waals surface area contributed by atoms with Crippen LogP contribution in [-0.2, 0) is 0 Å². The van der Waals surface area contributed by atoms with Crippen LogP contribution in [0.25, 0.3) is 0 Å². The van der Waals surface area contributed by atoms with E-state index in [1.165, 1.54) is 0 Å². The van der Waals surface area contributed by atoms with Crippen molar-refractivity contribution >= 4 is 0 Å². The average molecular weight is 202 g/mol. The van der Waals surface area contributed by atoms with E-state index in [-0.39, 0.29) is 11.3 Å². The molecule has 0 fully saturated rings. The molecular weight excluding hydrogens is 191 g/mol. The second-order valence-electron chi connectivity index (χ2n) is 2.90. The number of aliphatic hydroxyl groups is 3. The van der Waals surface area contributed by atoms with Gasteiger partial charge in [-0.2, -0.15) is 0 Å². The molecule has 0 aliphatic carbocycles. The van der Waals surface area contributed by atoms with Gasteiger partial charge < -0.3 is 20.4 Å². The molecule has 0 aromatic heterocycles. The van der Waals surface area contributed by atoms with Gasteiger partial charge in [-0.1, -0.05) is 0 Å². The molecule has 0 aliphatic rings. The Morgan fingerprint density at radius 3 is 2.50 bits per heavy atom. The van der Waals surface area contributed by atoms with Crippen molar-refractivity contribution in [2.24, 2.45) is 0 Å². The van der Waals surface area contributed by atoms with Gasteiger partial charge in [-0.25, -0.2) is 4.39 Å². The van der Waals surface area contributed by atoms with Gasteiger partial charge in [0.2, 0.25) is 0 Å². The monoisotopic (exact) mass is 202 g/mol. The lowest BCUT2D eigenvalue weighted by atomic mass is 10.0. The number of aromatic hydroxyl groups is 1. The minimum atomic E-state index is -1.50. The van der Waals surface area contributed by atoms with Crippen LogP contribution < -0.4 is 0 Å². The average Bonchev–Trinajstić information content (AvgIpc) is 2.19. The minimum Gasteiger partial charge on any atom is -0.508 e. The maximum atomic E-state index is 12.7. The van der Waals surface area contributed by atoms with Crippen LogP contribution in [0.2, 0.25) is 0 Å². The number of phenols is 1. The molecule has 1 aromatic rings. The molecule has 0 heterocycles. The zero-order valence-corrected chi connectivity index (χ0v) is 7.26. The molecule has 0 amide bonds. The molecule has 1 rings (SSSR count). The Balaban J connectivity index is 2.99. The molecule has 0 saturated heterocycles. The standard InChI is InChI=1S/C9H11FO4/c10-5-1-2-7(12)6(3-5)9(14)8(13)4-11/h1-3,8-9,11-14H,4H2. The summed E-state index contributed by atoms with van der Waals surface area (Å²) in [6.45, 7) is -0.670. The fraction of sp³-hybridized carbons (Fsp3) is 0.333. The second-order valence-corrected chi connectivity index (χ2v) is 2.90. The van der Waals surface area contributed by atoms with Crippen LogP contribution in [0.15, 0.2) is 18.2 Å². The first-order valence-electron chi connectivity index (χ1n) is 4.01. The fourth-order valence-corrected chi connectivity index (χ4v) is 1.07. The first-order chi connectivity index (χ1) is 6.56. The van der Waals surface area contributed by atoms with Crippen LogP contribution >= 0.6 is 0 Å². The molecule has 78 valence electrons. The van der Waals surface area contributed by atoms with Gasteiger partial charge >= 0.3 is 0 Å². The Hall–Kier alpha value is -1.17. The largest absolute Gasteiger partial charge is 0.508 e. The summed E-state index contributed by atoms with van der Waals surface area (Å²) in [5, 5.41) is 36.2. The molecule has 2 unspecified atom stereocenters. The maximum Gasteiger partial charge on any atom is 0.123 e. The van der Waals surface area contributed by atoms with Gasteiger partial charge in [-0.3, -0.25) is 0 Å². The van der Waals surface area contributed by atoms with Crippen molar-refractivity contribution in [2.75, 3.05) is 6.61 Å². The Morgan fingerprint density at radius 1 is 1.29 bits per heavy atom. The molecule has 0 spiro atoms. The molecule has 5 heteroatoms. The van der Waals surface area contributed by atoms with E-state index in [0.29, 0.717) is 0 Å². The van der Waals surface area contributed by atoms with E-state index in [1.807, 2.05) is 0 Å². The third kappa shape index (κ3) is 2.20. The summed E-state index contributed by atoms with van der Waals surface area (Å²) in [5.74, 6) is -0.964. The van der Waals surface area contributed by atoms with Crippen LogP contribution in [0.5, 0.6) is 5.75 Å². The molecule has 4 N–H and O–H groups in total. The predicted molar refractivity (Wildman–Crippen MR) is 46.1 cm³/mol. The van der Waals surface area contributed by atoms with E-state index in [1.54, 1.807) is 0 Å². The van der Waals surface area contributed by atoms with E-state index >= 15 is 0 Å². The number of hydrogen-bond donors (Lipinski definition) is 4. The van der Waals surface area contributed by atoms with Gasteiger partial charge in [0.1, 0.15) is 23.8 Å². The van der Waals surface area contributed by atoms with E-state index in [4.69, 9.17) is 10.2 Å². The Morgan fingerprint density at radius 2 is 1.93 bits per heavy atom. The number of phenolic OH excluding ortho intramolecular Hbond substituents is 1. The van der Waals surface area contributed by atoms with Gasteiger partial charge in [0.25, 0.3) is 0 Å². The Bertz CT molecular complexity index is 316. The highest BCUT2D eigenvalue weighted by atomic mass is 19.1. The van der Waals surface area contributed by atoms with E-state index in [0.717, 1.165) is 18.2 Å². The number of halogens is 1. The molecule has 14 heavy (non-hydrogen) atoms. The Labute approximate surface area is 79.9 Å². The van der Waals surface area contributed by atoms with Crippen molar-refractivity contribution in [1.29, 1.82) is 0 Å². The van der Waals surface area contributed by atoms with Gasteiger partial charge in [-0.05, 0) is 18.2 Å². The fourth-order valence-electron chi connectivity index (χ4n) is 1.07. The lowest BCUT2D eigenvalue weighted by Gasteiger charge is -2.16. The van der Waals surface area contributed by atoms with E-state index in [2.05, 4.69) is 0 Å². The SMILES string of the molecule is OCC(O)C(O)c1cc(F)ccc1O. The molecule has 0 aliphatic heterocycles. The van der Waals surface area contributed by atoms with Crippen LogP contribution in [0, 0.1) is 5.82 Å². The van der Waals surface area contributed by atoms with Gasteiger partial charge in [0.05, 0.1) is 6.61 Å². The van der Waals surface area contributed by atoms with Crippen LogP contribution in [-0.4, -0.2) is 33.1 Å². The molecule has 0 radical (unpaired) electrons. The molecule has 2 atom stereocenters. The van der Waals surface area contributed by atoms with Crippen LogP contribution in [0.4, 0.5) is 4.39 Å². The molecule has 4 nitrogen and oxygen atoms in total. The lowest BCUT2D eigenvalue weighted by Crippen LogP contribution is -2.22. The van der Waals surface area contributed by atoms with Crippen LogP contribution in [0.3, 0.4) is 0 Å². The summed E-state index contributed by atoms with van der Waals surface area (Å²) in [4.78, 5) is 0. The van der Waals surface area contributed by atoms with Crippen molar-refractivity contribution in [2.45, 2.75) is 12.2 Å². The lowest BCUT2D eigenvalue weighted by molar-refractivity contribution is -0.0163. The second kappa shape index (κ2) is 4.36. The molecule has 1 aromatic carbocycles. The van der Waals surface area contributed by atoms with Crippen molar-refractivity contribution < 1.29 is 24.8 Å². The zero-order valence-electron chi connectivity index (χ0n) is 7.26. The maximum absolute atomic E-state index is 12.7. The molecule has 0 bridgehead atoms. The number of rotatable bonds is 3. The quantitative estimate of drug-likeness (QED) is 0.552. The summed E-state index contributed by atoms with van der Waals surface area (Å²) >= 11 is 0. The third-order valence-electron chi connectivity index (χ3n) is 1.86. The summed E-state index contributed by atoms with van der Waals surface area (Å²) in [7, 11) is 0. The minimum absolute atomic E-state index is 0.147. The normalized spacial score (nSPS) is 15.1. The summed E-state index contributed by atoms with van der Waals surface area (Å²) in [5.41, 5.74) is -0.147. The van der Waals surface area contributed by atoms with Crippen molar-refractivity contribution in [3.05, 3.63) is 29.6 Å². The number of aliphatic hydroxyl groups excluding tert-OH is 3. The number of hydrogen-bond acceptors (Lipinski definition) is 4. The summed E-state index contributed by atoms with van der Waals surface area (Å²) in [6.07, 6.45) is -2.95. The Kier molecular flexibility index (Phi) is 3.40. The third-order valence-corrected chi connectivity index (χ3v) is 1.86. The molecular formula is C9H11FO4. The van der Waals surface area contributed by atoms with Gasteiger partial charge in [0.15, 0.2) is 0 Å². The van der Waals surface area contributed by atoms with Crippen LogP contribution in [0.1, 0.15) is 11.7 Å². The highest BCUT2D eigenvalue weighted by Crippen LogP contribution is 2.26. The smallest absolute Gasteiger partial charge is 0.123 e.